The summed E-state index contributed by atoms with van der Waals surface area (Å²) in [6, 6.07) is 13.4. The van der Waals surface area contributed by atoms with Crippen LogP contribution in [0.1, 0.15) is 18.9 Å². The van der Waals surface area contributed by atoms with Crippen LogP contribution in [-0.2, 0) is 6.54 Å². The normalized spacial score (nSPS) is 11.7. The number of halogens is 1. The largest absolute Gasteiger partial charge is 0.299 e. The van der Waals surface area contributed by atoms with Crippen LogP contribution in [0.2, 0.25) is 5.02 Å². The Labute approximate surface area is 171 Å². The second-order valence-electron chi connectivity index (χ2n) is 7.10. The van der Waals surface area contributed by atoms with Crippen LogP contribution in [0.3, 0.4) is 0 Å². The molecule has 6 nitrogen and oxygen atoms in total. The highest BCUT2D eigenvalue weighted by atomic mass is 35.5. The minimum absolute atomic E-state index is 0.108. The third kappa shape index (κ3) is 2.71. The highest BCUT2D eigenvalue weighted by Gasteiger charge is 2.21. The Morgan fingerprint density at radius 2 is 1.79 bits per heavy atom. The maximum Gasteiger partial charge on any atom is 0.265 e. The molecule has 0 atom stereocenters. The lowest BCUT2D eigenvalue weighted by Crippen LogP contribution is -2.20. The summed E-state index contributed by atoms with van der Waals surface area (Å²) in [5.74, 6) is 0. The van der Waals surface area contributed by atoms with Crippen LogP contribution < -0.4 is 5.56 Å². The number of hydrogen-bond donors (Lipinski definition) is 0. The first-order chi connectivity index (χ1) is 14.1. The van der Waals surface area contributed by atoms with E-state index in [4.69, 9.17) is 21.6 Å². The average Bonchev–Trinajstić information content (AvgIpc) is 3.04. The van der Waals surface area contributed by atoms with Crippen molar-refractivity contribution in [2.45, 2.75) is 26.8 Å². The van der Waals surface area contributed by atoms with Crippen molar-refractivity contribution < 1.29 is 0 Å². The molecular weight excluding hydrogens is 386 g/mol. The second-order valence-corrected chi connectivity index (χ2v) is 7.50. The number of rotatable bonds is 3. The first-order valence-corrected chi connectivity index (χ1v) is 9.89. The van der Waals surface area contributed by atoms with E-state index in [9.17, 15) is 4.79 Å². The maximum absolute atomic E-state index is 13.2. The molecule has 0 saturated heterocycles. The van der Waals surface area contributed by atoms with E-state index in [0.29, 0.717) is 33.8 Å². The average molecular weight is 404 g/mol. The van der Waals surface area contributed by atoms with E-state index in [-0.39, 0.29) is 5.56 Å². The van der Waals surface area contributed by atoms with Crippen LogP contribution in [0.4, 0.5) is 0 Å². The summed E-state index contributed by atoms with van der Waals surface area (Å²) in [7, 11) is 0. The van der Waals surface area contributed by atoms with Crippen molar-refractivity contribution in [2.24, 2.45) is 0 Å². The smallest absolute Gasteiger partial charge is 0.265 e. The molecule has 144 valence electrons. The number of hydrogen-bond acceptors (Lipinski definition) is 4. The molecule has 0 spiro atoms. The molecule has 0 amide bonds. The van der Waals surface area contributed by atoms with E-state index >= 15 is 0 Å². The number of nitrogens with zero attached hydrogens (tertiary/aromatic N) is 5. The minimum Gasteiger partial charge on any atom is -0.299 e. The van der Waals surface area contributed by atoms with E-state index in [1.165, 1.54) is 0 Å². The molecular formula is C22H18ClN5O. The zero-order valence-corrected chi connectivity index (χ0v) is 16.8. The first-order valence-electron chi connectivity index (χ1n) is 9.51. The fourth-order valence-corrected chi connectivity index (χ4v) is 3.81. The molecule has 0 aliphatic heterocycles. The monoisotopic (exact) mass is 403 g/mol. The van der Waals surface area contributed by atoms with E-state index in [1.54, 1.807) is 10.9 Å². The number of benzene rings is 2. The molecule has 0 bridgehead atoms. The summed E-state index contributed by atoms with van der Waals surface area (Å²) >= 11 is 6.39. The molecule has 2 aromatic carbocycles. The van der Waals surface area contributed by atoms with Gasteiger partial charge in [-0.1, -0.05) is 36.7 Å². The molecule has 0 aliphatic carbocycles. The van der Waals surface area contributed by atoms with Crippen LogP contribution in [0, 0.1) is 6.92 Å². The van der Waals surface area contributed by atoms with Gasteiger partial charge < -0.3 is 0 Å². The van der Waals surface area contributed by atoms with Crippen molar-refractivity contribution in [2.75, 3.05) is 0 Å². The predicted molar refractivity (Wildman–Crippen MR) is 116 cm³/mol. The van der Waals surface area contributed by atoms with Gasteiger partial charge in [0.05, 0.1) is 23.0 Å². The summed E-state index contributed by atoms with van der Waals surface area (Å²) in [6.45, 7) is 4.58. The number of aryl methyl sites for hydroxylation is 2. The quantitative estimate of drug-likeness (QED) is 0.439. The van der Waals surface area contributed by atoms with E-state index < -0.39 is 0 Å². The molecule has 3 heterocycles. The summed E-state index contributed by atoms with van der Waals surface area (Å²) in [5, 5.41) is 1.12. The lowest BCUT2D eigenvalue weighted by atomic mass is 10.2. The first kappa shape index (κ1) is 17.8. The highest BCUT2D eigenvalue weighted by Crippen LogP contribution is 2.29. The Bertz CT molecular complexity index is 1470. The lowest BCUT2D eigenvalue weighted by molar-refractivity contribution is 0.647. The van der Waals surface area contributed by atoms with Crippen molar-refractivity contribution in [1.82, 2.24) is 24.1 Å². The molecule has 0 aliphatic rings. The Balaban J connectivity index is 1.98. The molecule has 0 unspecified atom stereocenters. The van der Waals surface area contributed by atoms with E-state index in [0.717, 1.165) is 28.7 Å². The number of para-hydroxylation sites is 2. The van der Waals surface area contributed by atoms with Gasteiger partial charge in [-0.15, -0.1) is 0 Å². The van der Waals surface area contributed by atoms with Gasteiger partial charge in [-0.25, -0.2) is 15.0 Å². The van der Waals surface area contributed by atoms with Crippen molar-refractivity contribution in [3.8, 4) is 5.69 Å². The van der Waals surface area contributed by atoms with Gasteiger partial charge in [0.15, 0.2) is 11.3 Å². The van der Waals surface area contributed by atoms with E-state index in [2.05, 4.69) is 4.98 Å². The molecule has 0 N–H and O–H groups in total. The zero-order valence-electron chi connectivity index (χ0n) is 16.1. The third-order valence-corrected chi connectivity index (χ3v) is 5.52. The molecule has 29 heavy (non-hydrogen) atoms. The lowest BCUT2D eigenvalue weighted by Gasteiger charge is -2.09. The maximum atomic E-state index is 13.2. The molecule has 0 fully saturated rings. The Morgan fingerprint density at radius 1 is 1.03 bits per heavy atom. The minimum atomic E-state index is -0.108. The fourth-order valence-electron chi connectivity index (χ4n) is 3.64. The second kappa shape index (κ2) is 6.67. The Kier molecular flexibility index (Phi) is 4.10. The van der Waals surface area contributed by atoms with Crippen LogP contribution in [0.15, 0.2) is 53.6 Å². The molecule has 0 saturated carbocycles. The van der Waals surface area contributed by atoms with Gasteiger partial charge in [0.2, 0.25) is 0 Å². The van der Waals surface area contributed by atoms with Gasteiger partial charge in [0.1, 0.15) is 10.9 Å². The summed E-state index contributed by atoms with van der Waals surface area (Å²) < 4.78 is 3.50. The standard InChI is InChI=1S/C22H18ClN5O/c1-3-10-27-12-24-20-18(22(27)29)19-21(26-17-7-5-4-6-16(17)25-19)28(20)14-9-8-13(2)15(23)11-14/h4-9,11-12H,3,10H2,1-2H3. The van der Waals surface area contributed by atoms with Gasteiger partial charge in [-0.05, 0) is 43.2 Å². The number of fused-ring (bicyclic) bond motifs is 4. The Morgan fingerprint density at radius 3 is 2.52 bits per heavy atom. The molecule has 3 aromatic heterocycles. The molecule has 7 heteroatoms. The van der Waals surface area contributed by atoms with Crippen LogP contribution in [0.5, 0.6) is 0 Å². The predicted octanol–water partition coefficient (Wildman–Crippen LogP) is 4.66. The van der Waals surface area contributed by atoms with Crippen molar-refractivity contribution in [3.05, 3.63) is 69.7 Å². The third-order valence-electron chi connectivity index (χ3n) is 5.11. The van der Waals surface area contributed by atoms with Crippen molar-refractivity contribution >= 4 is 44.8 Å². The van der Waals surface area contributed by atoms with Gasteiger partial charge in [-0.2, -0.15) is 0 Å². The Hall–Kier alpha value is -3.25. The number of aromatic nitrogens is 5. The van der Waals surface area contributed by atoms with Gasteiger partial charge in [0.25, 0.3) is 5.56 Å². The van der Waals surface area contributed by atoms with Gasteiger partial charge in [0, 0.05) is 11.6 Å². The van der Waals surface area contributed by atoms with Crippen LogP contribution in [0.25, 0.3) is 38.9 Å². The topological polar surface area (TPSA) is 65.6 Å². The van der Waals surface area contributed by atoms with E-state index in [1.807, 2.05) is 60.9 Å². The summed E-state index contributed by atoms with van der Waals surface area (Å²) in [5.41, 5.74) is 4.85. The van der Waals surface area contributed by atoms with Crippen LogP contribution >= 0.6 is 11.6 Å². The summed E-state index contributed by atoms with van der Waals surface area (Å²) in [6.07, 6.45) is 2.44. The molecule has 0 radical (unpaired) electrons. The highest BCUT2D eigenvalue weighted by molar-refractivity contribution is 6.31. The van der Waals surface area contributed by atoms with Crippen molar-refractivity contribution in [1.29, 1.82) is 0 Å². The fraction of sp³-hybridized carbons (Fsp3) is 0.182. The zero-order chi connectivity index (χ0) is 20.1. The molecule has 5 aromatic rings. The molecule has 5 rings (SSSR count). The summed E-state index contributed by atoms with van der Waals surface area (Å²) in [4.78, 5) is 27.5. The van der Waals surface area contributed by atoms with Crippen LogP contribution in [-0.4, -0.2) is 24.1 Å². The van der Waals surface area contributed by atoms with Gasteiger partial charge in [-0.3, -0.25) is 13.9 Å². The van der Waals surface area contributed by atoms with Gasteiger partial charge >= 0.3 is 0 Å². The van der Waals surface area contributed by atoms with Crippen molar-refractivity contribution in [3.63, 3.8) is 0 Å². The SMILES string of the molecule is CCCn1cnc2c(c1=O)c1nc3ccccc3nc1n2-c1ccc(C)c(Cl)c1.